The Morgan fingerprint density at radius 3 is 2.38 bits per heavy atom. The summed E-state index contributed by atoms with van der Waals surface area (Å²) in [5.74, 6) is -0.902. The third kappa shape index (κ3) is 4.68. The number of amides is 1. The average Bonchev–Trinajstić information content (AvgIpc) is 2.60. The molecule has 1 aliphatic heterocycles. The highest BCUT2D eigenvalue weighted by Gasteiger charge is 2.22. The van der Waals surface area contributed by atoms with E-state index in [1.807, 2.05) is 18.2 Å². The molecule has 0 saturated carbocycles. The summed E-state index contributed by atoms with van der Waals surface area (Å²) in [6.45, 7) is 7.13. The summed E-state index contributed by atoms with van der Waals surface area (Å²) in [6.07, 6.45) is 0.429. The quantitative estimate of drug-likeness (QED) is 0.893. The molecule has 1 N–H and O–H groups in total. The molecule has 2 aromatic carbocycles. The lowest BCUT2D eigenvalue weighted by molar-refractivity contribution is -0.0705. The number of carbonyl (C=O) groups is 1. The SMILES string of the molecule is CC1CN(Cc2ccccc2CNC(=O)c2ccccc2F)CC(C)O1. The molecule has 0 spiro atoms. The van der Waals surface area contributed by atoms with Crippen LogP contribution in [0.1, 0.15) is 35.3 Å². The fraction of sp³-hybridized carbons (Fsp3) is 0.381. The summed E-state index contributed by atoms with van der Waals surface area (Å²) in [6, 6.07) is 14.1. The maximum Gasteiger partial charge on any atom is 0.254 e. The van der Waals surface area contributed by atoms with Gasteiger partial charge in [-0.2, -0.15) is 0 Å². The van der Waals surface area contributed by atoms with E-state index in [1.54, 1.807) is 12.1 Å². The number of nitrogens with zero attached hydrogens (tertiary/aromatic N) is 1. The van der Waals surface area contributed by atoms with Crippen molar-refractivity contribution in [2.45, 2.75) is 39.1 Å². The number of carbonyl (C=O) groups excluding carboxylic acids is 1. The first-order chi connectivity index (χ1) is 12.5. The zero-order valence-corrected chi connectivity index (χ0v) is 15.2. The van der Waals surface area contributed by atoms with Crippen LogP contribution in [-0.4, -0.2) is 36.1 Å². The van der Waals surface area contributed by atoms with Gasteiger partial charge in [-0.15, -0.1) is 0 Å². The van der Waals surface area contributed by atoms with Crippen molar-refractivity contribution >= 4 is 5.91 Å². The lowest BCUT2D eigenvalue weighted by Gasteiger charge is -2.35. The summed E-state index contributed by atoms with van der Waals surface area (Å²) in [5, 5.41) is 2.83. The van der Waals surface area contributed by atoms with E-state index >= 15 is 0 Å². The van der Waals surface area contributed by atoms with Crippen molar-refractivity contribution in [1.29, 1.82) is 0 Å². The largest absolute Gasteiger partial charge is 0.373 e. The monoisotopic (exact) mass is 356 g/mol. The number of hydrogen-bond acceptors (Lipinski definition) is 3. The predicted molar refractivity (Wildman–Crippen MR) is 99.3 cm³/mol. The van der Waals surface area contributed by atoms with Gasteiger partial charge in [-0.05, 0) is 37.1 Å². The van der Waals surface area contributed by atoms with Crippen molar-refractivity contribution in [3.8, 4) is 0 Å². The highest BCUT2D eigenvalue weighted by atomic mass is 19.1. The van der Waals surface area contributed by atoms with Crippen LogP contribution in [0.2, 0.25) is 0 Å². The average molecular weight is 356 g/mol. The Bertz CT molecular complexity index is 755. The van der Waals surface area contributed by atoms with E-state index in [0.29, 0.717) is 6.54 Å². The van der Waals surface area contributed by atoms with Gasteiger partial charge in [0.05, 0.1) is 17.8 Å². The number of morpholine rings is 1. The third-order valence-corrected chi connectivity index (χ3v) is 4.57. The van der Waals surface area contributed by atoms with Gasteiger partial charge in [0.25, 0.3) is 5.91 Å². The van der Waals surface area contributed by atoms with E-state index in [9.17, 15) is 9.18 Å². The summed E-state index contributed by atoms with van der Waals surface area (Å²) in [5.41, 5.74) is 2.28. The van der Waals surface area contributed by atoms with Gasteiger partial charge in [-0.1, -0.05) is 36.4 Å². The molecule has 138 valence electrons. The summed E-state index contributed by atoms with van der Waals surface area (Å²) in [4.78, 5) is 14.6. The van der Waals surface area contributed by atoms with Crippen molar-refractivity contribution in [3.05, 3.63) is 71.0 Å². The summed E-state index contributed by atoms with van der Waals surface area (Å²) >= 11 is 0. The molecule has 3 rings (SSSR count). The highest BCUT2D eigenvalue weighted by Crippen LogP contribution is 2.17. The first kappa shape index (κ1) is 18.5. The first-order valence-corrected chi connectivity index (χ1v) is 9.00. The summed E-state index contributed by atoms with van der Waals surface area (Å²) < 4.78 is 19.5. The molecule has 1 amide bonds. The van der Waals surface area contributed by atoms with E-state index in [4.69, 9.17) is 4.74 Å². The fourth-order valence-electron chi connectivity index (χ4n) is 3.45. The lowest BCUT2D eigenvalue weighted by Crippen LogP contribution is -2.45. The molecule has 5 heteroatoms. The van der Waals surface area contributed by atoms with Crippen molar-refractivity contribution in [1.82, 2.24) is 10.2 Å². The van der Waals surface area contributed by atoms with Crippen LogP contribution in [-0.2, 0) is 17.8 Å². The van der Waals surface area contributed by atoms with Crippen LogP contribution in [0.15, 0.2) is 48.5 Å². The van der Waals surface area contributed by atoms with E-state index in [2.05, 4.69) is 30.1 Å². The third-order valence-electron chi connectivity index (χ3n) is 4.57. The number of rotatable bonds is 5. The molecule has 2 unspecified atom stereocenters. The number of ether oxygens (including phenoxy) is 1. The number of hydrogen-bond donors (Lipinski definition) is 1. The minimum atomic E-state index is -0.505. The van der Waals surface area contributed by atoms with E-state index < -0.39 is 11.7 Å². The molecule has 0 aliphatic carbocycles. The van der Waals surface area contributed by atoms with E-state index in [0.717, 1.165) is 25.2 Å². The Kier molecular flexibility index (Phi) is 6.01. The van der Waals surface area contributed by atoms with Gasteiger partial charge >= 0.3 is 0 Å². The van der Waals surface area contributed by atoms with Crippen LogP contribution >= 0.6 is 0 Å². The van der Waals surface area contributed by atoms with Gasteiger partial charge < -0.3 is 10.1 Å². The molecule has 0 aromatic heterocycles. The van der Waals surface area contributed by atoms with Crippen LogP contribution < -0.4 is 5.32 Å². The zero-order valence-electron chi connectivity index (χ0n) is 15.2. The number of benzene rings is 2. The molecular weight excluding hydrogens is 331 g/mol. The molecular formula is C21H25FN2O2. The maximum atomic E-state index is 13.7. The second kappa shape index (κ2) is 8.43. The van der Waals surface area contributed by atoms with Crippen LogP contribution in [0, 0.1) is 5.82 Å². The minimum absolute atomic E-state index is 0.0702. The predicted octanol–water partition coefficient (Wildman–Crippen LogP) is 3.36. The molecule has 2 aromatic rings. The Hall–Kier alpha value is -2.24. The summed E-state index contributed by atoms with van der Waals surface area (Å²) in [7, 11) is 0. The molecule has 1 saturated heterocycles. The Labute approximate surface area is 154 Å². The van der Waals surface area contributed by atoms with Crippen molar-refractivity contribution in [2.75, 3.05) is 13.1 Å². The fourth-order valence-corrected chi connectivity index (χ4v) is 3.45. The standard InChI is InChI=1S/C21H25FN2O2/c1-15-12-24(13-16(2)26-15)14-18-8-4-3-7-17(18)11-23-21(25)19-9-5-6-10-20(19)22/h3-10,15-16H,11-14H2,1-2H3,(H,23,25). The second-order valence-corrected chi connectivity index (χ2v) is 6.88. The van der Waals surface area contributed by atoms with Crippen LogP contribution in [0.4, 0.5) is 4.39 Å². The van der Waals surface area contributed by atoms with Gasteiger partial charge in [0.15, 0.2) is 0 Å². The van der Waals surface area contributed by atoms with Gasteiger partial charge in [-0.3, -0.25) is 9.69 Å². The Morgan fingerprint density at radius 1 is 1.08 bits per heavy atom. The van der Waals surface area contributed by atoms with E-state index in [1.165, 1.54) is 17.7 Å². The maximum absolute atomic E-state index is 13.7. The van der Waals surface area contributed by atoms with Gasteiger partial charge in [0, 0.05) is 26.2 Å². The molecule has 1 heterocycles. The Balaban J connectivity index is 1.66. The zero-order chi connectivity index (χ0) is 18.5. The number of nitrogens with one attached hydrogen (secondary N) is 1. The topological polar surface area (TPSA) is 41.6 Å². The molecule has 4 nitrogen and oxygen atoms in total. The lowest BCUT2D eigenvalue weighted by atomic mass is 10.1. The van der Waals surface area contributed by atoms with Gasteiger partial charge in [0.1, 0.15) is 5.82 Å². The highest BCUT2D eigenvalue weighted by molar-refractivity contribution is 5.94. The minimum Gasteiger partial charge on any atom is -0.373 e. The molecule has 1 fully saturated rings. The van der Waals surface area contributed by atoms with Gasteiger partial charge in [0.2, 0.25) is 0 Å². The molecule has 2 atom stereocenters. The van der Waals surface area contributed by atoms with Crippen LogP contribution in [0.25, 0.3) is 0 Å². The normalized spacial score (nSPS) is 20.7. The smallest absolute Gasteiger partial charge is 0.254 e. The number of halogens is 1. The van der Waals surface area contributed by atoms with E-state index in [-0.39, 0.29) is 17.8 Å². The molecule has 26 heavy (non-hydrogen) atoms. The van der Waals surface area contributed by atoms with Crippen molar-refractivity contribution < 1.29 is 13.9 Å². The van der Waals surface area contributed by atoms with Crippen molar-refractivity contribution in [3.63, 3.8) is 0 Å². The molecule has 0 radical (unpaired) electrons. The Morgan fingerprint density at radius 2 is 1.69 bits per heavy atom. The molecule has 1 aliphatic rings. The second-order valence-electron chi connectivity index (χ2n) is 6.88. The molecule has 0 bridgehead atoms. The van der Waals surface area contributed by atoms with Crippen molar-refractivity contribution in [2.24, 2.45) is 0 Å². The first-order valence-electron chi connectivity index (χ1n) is 9.00. The van der Waals surface area contributed by atoms with Crippen LogP contribution in [0.3, 0.4) is 0 Å². The van der Waals surface area contributed by atoms with Crippen LogP contribution in [0.5, 0.6) is 0 Å². The van der Waals surface area contributed by atoms with Gasteiger partial charge in [-0.25, -0.2) is 4.39 Å².